The molecule has 0 bridgehead atoms. The number of ether oxygens (including phenoxy) is 2. The molecule has 1 atom stereocenters. The maximum atomic E-state index is 5.43. The average Bonchev–Trinajstić information content (AvgIpc) is 3.20. The van der Waals surface area contributed by atoms with Crippen LogP contribution in [0.25, 0.3) is 5.69 Å². The minimum Gasteiger partial charge on any atom is -0.497 e. The second-order valence-electron chi connectivity index (χ2n) is 5.71. The maximum absolute atomic E-state index is 5.43. The largest absolute Gasteiger partial charge is 0.497 e. The fourth-order valence-corrected chi connectivity index (χ4v) is 2.66. The first-order valence-electron chi connectivity index (χ1n) is 8.10. The normalized spacial score (nSPS) is 12.0. The molecule has 130 valence electrons. The molecular weight excluding hydrogens is 316 g/mol. The molecule has 0 saturated carbocycles. The van der Waals surface area contributed by atoms with Gasteiger partial charge in [-0.15, -0.1) is 0 Å². The number of hydrogen-bond donors (Lipinski definition) is 1. The summed E-state index contributed by atoms with van der Waals surface area (Å²) in [6.45, 7) is 2.82. The van der Waals surface area contributed by atoms with E-state index in [1.807, 2.05) is 30.3 Å². The lowest BCUT2D eigenvalue weighted by Gasteiger charge is -2.17. The molecule has 0 aliphatic rings. The van der Waals surface area contributed by atoms with Crippen molar-refractivity contribution in [2.75, 3.05) is 14.2 Å². The number of hydrogen-bond acceptors (Lipinski definition) is 5. The van der Waals surface area contributed by atoms with Crippen LogP contribution in [0, 0.1) is 0 Å². The molecule has 6 nitrogen and oxygen atoms in total. The molecule has 1 heterocycles. The highest BCUT2D eigenvalue weighted by atomic mass is 16.5. The SMILES string of the molecule is COc1ccc(OC)c(CNC(C)c2ccc(-n3cncn3)cc2)c1. The Labute approximate surface area is 147 Å². The van der Waals surface area contributed by atoms with Crippen LogP contribution in [-0.4, -0.2) is 29.0 Å². The summed E-state index contributed by atoms with van der Waals surface area (Å²) in [5.41, 5.74) is 3.25. The zero-order valence-electron chi connectivity index (χ0n) is 14.6. The van der Waals surface area contributed by atoms with Crippen molar-refractivity contribution < 1.29 is 9.47 Å². The van der Waals surface area contributed by atoms with E-state index in [2.05, 4.69) is 34.5 Å². The molecule has 1 N–H and O–H groups in total. The zero-order valence-corrected chi connectivity index (χ0v) is 14.6. The number of nitrogens with zero attached hydrogens (tertiary/aromatic N) is 3. The lowest BCUT2D eigenvalue weighted by molar-refractivity contribution is 0.395. The molecule has 0 radical (unpaired) electrons. The Kier molecular flexibility index (Phi) is 5.30. The molecular formula is C19H22N4O2. The molecule has 1 unspecified atom stereocenters. The van der Waals surface area contributed by atoms with Gasteiger partial charge in [-0.25, -0.2) is 9.67 Å². The van der Waals surface area contributed by atoms with Crippen LogP contribution < -0.4 is 14.8 Å². The van der Waals surface area contributed by atoms with E-state index < -0.39 is 0 Å². The molecule has 0 fully saturated rings. The van der Waals surface area contributed by atoms with Gasteiger partial charge in [-0.1, -0.05) is 12.1 Å². The van der Waals surface area contributed by atoms with Gasteiger partial charge in [0.25, 0.3) is 0 Å². The quantitative estimate of drug-likeness (QED) is 0.717. The van der Waals surface area contributed by atoms with E-state index >= 15 is 0 Å². The first-order chi connectivity index (χ1) is 12.2. The van der Waals surface area contributed by atoms with E-state index in [0.717, 1.165) is 22.7 Å². The van der Waals surface area contributed by atoms with Crippen molar-refractivity contribution in [2.45, 2.75) is 19.5 Å². The molecule has 3 rings (SSSR count). The van der Waals surface area contributed by atoms with E-state index in [4.69, 9.17) is 9.47 Å². The number of nitrogens with one attached hydrogen (secondary N) is 1. The number of rotatable bonds is 7. The van der Waals surface area contributed by atoms with Gasteiger partial charge < -0.3 is 14.8 Å². The van der Waals surface area contributed by atoms with Crippen LogP contribution in [0.15, 0.2) is 55.1 Å². The first-order valence-corrected chi connectivity index (χ1v) is 8.10. The van der Waals surface area contributed by atoms with Gasteiger partial charge in [-0.2, -0.15) is 5.10 Å². The molecule has 0 saturated heterocycles. The monoisotopic (exact) mass is 338 g/mol. The lowest BCUT2D eigenvalue weighted by atomic mass is 10.1. The van der Waals surface area contributed by atoms with Crippen molar-refractivity contribution in [1.82, 2.24) is 20.1 Å². The van der Waals surface area contributed by atoms with Crippen LogP contribution >= 0.6 is 0 Å². The van der Waals surface area contributed by atoms with Gasteiger partial charge in [-0.05, 0) is 42.8 Å². The van der Waals surface area contributed by atoms with E-state index in [9.17, 15) is 0 Å². The molecule has 6 heteroatoms. The summed E-state index contributed by atoms with van der Waals surface area (Å²) in [6.07, 6.45) is 3.21. The summed E-state index contributed by atoms with van der Waals surface area (Å²) in [5.74, 6) is 1.67. The van der Waals surface area contributed by atoms with Crippen LogP contribution in [0.3, 0.4) is 0 Å². The highest BCUT2D eigenvalue weighted by molar-refractivity contribution is 5.40. The molecule has 0 aliphatic carbocycles. The zero-order chi connectivity index (χ0) is 17.6. The van der Waals surface area contributed by atoms with Crippen LogP contribution in [0.4, 0.5) is 0 Å². The number of aromatic nitrogens is 3. The third kappa shape index (κ3) is 3.97. The van der Waals surface area contributed by atoms with Gasteiger partial charge in [0.2, 0.25) is 0 Å². The third-order valence-electron chi connectivity index (χ3n) is 4.16. The highest BCUT2D eigenvalue weighted by Crippen LogP contribution is 2.25. The summed E-state index contributed by atoms with van der Waals surface area (Å²) in [5, 5.41) is 7.66. The summed E-state index contributed by atoms with van der Waals surface area (Å²) in [4.78, 5) is 3.97. The van der Waals surface area contributed by atoms with Gasteiger partial charge in [-0.3, -0.25) is 0 Å². The Morgan fingerprint density at radius 3 is 2.52 bits per heavy atom. The predicted octanol–water partition coefficient (Wildman–Crippen LogP) is 3.14. The predicted molar refractivity (Wildman–Crippen MR) is 96.2 cm³/mol. The van der Waals surface area contributed by atoms with Crippen LogP contribution in [0.2, 0.25) is 0 Å². The van der Waals surface area contributed by atoms with Gasteiger partial charge in [0, 0.05) is 18.2 Å². The van der Waals surface area contributed by atoms with Crippen LogP contribution in [-0.2, 0) is 6.54 Å². The molecule has 1 aromatic heterocycles. The fraction of sp³-hybridized carbons (Fsp3) is 0.263. The van der Waals surface area contributed by atoms with Crippen LogP contribution in [0.1, 0.15) is 24.1 Å². The Hall–Kier alpha value is -2.86. The van der Waals surface area contributed by atoms with E-state index in [-0.39, 0.29) is 6.04 Å². The van der Waals surface area contributed by atoms with Gasteiger partial charge in [0.1, 0.15) is 24.2 Å². The van der Waals surface area contributed by atoms with Crippen molar-refractivity contribution in [1.29, 1.82) is 0 Å². The van der Waals surface area contributed by atoms with E-state index in [1.165, 1.54) is 11.9 Å². The molecule has 0 aliphatic heterocycles. The van der Waals surface area contributed by atoms with Crippen molar-refractivity contribution in [3.05, 3.63) is 66.2 Å². The standard InChI is InChI=1S/C19H22N4O2/c1-14(15-4-6-17(7-5-15)23-13-20-12-22-23)21-11-16-10-18(24-2)8-9-19(16)25-3/h4-10,12-14,21H,11H2,1-3H3. The van der Waals surface area contributed by atoms with Crippen molar-refractivity contribution >= 4 is 0 Å². The van der Waals surface area contributed by atoms with E-state index in [1.54, 1.807) is 25.2 Å². The molecule has 25 heavy (non-hydrogen) atoms. The molecule has 0 spiro atoms. The van der Waals surface area contributed by atoms with Crippen molar-refractivity contribution in [3.63, 3.8) is 0 Å². The fourth-order valence-electron chi connectivity index (χ4n) is 2.66. The minimum atomic E-state index is 0.195. The number of benzene rings is 2. The van der Waals surface area contributed by atoms with E-state index in [0.29, 0.717) is 6.54 Å². The Morgan fingerprint density at radius 1 is 1.08 bits per heavy atom. The Balaban J connectivity index is 1.67. The highest BCUT2D eigenvalue weighted by Gasteiger charge is 2.09. The topological polar surface area (TPSA) is 61.2 Å². The summed E-state index contributed by atoms with van der Waals surface area (Å²) in [6, 6.07) is 14.3. The van der Waals surface area contributed by atoms with Gasteiger partial charge >= 0.3 is 0 Å². The second kappa shape index (κ2) is 7.81. The van der Waals surface area contributed by atoms with Crippen molar-refractivity contribution in [2.24, 2.45) is 0 Å². The first kappa shape index (κ1) is 17.0. The maximum Gasteiger partial charge on any atom is 0.138 e. The van der Waals surface area contributed by atoms with Gasteiger partial charge in [0.05, 0.1) is 19.9 Å². The minimum absolute atomic E-state index is 0.195. The summed E-state index contributed by atoms with van der Waals surface area (Å²) < 4.78 is 12.5. The Morgan fingerprint density at radius 2 is 1.88 bits per heavy atom. The Bertz CT molecular complexity index is 801. The number of methoxy groups -OCH3 is 2. The molecule has 0 amide bonds. The van der Waals surface area contributed by atoms with Gasteiger partial charge in [0.15, 0.2) is 0 Å². The molecule has 3 aromatic rings. The molecule has 2 aromatic carbocycles. The second-order valence-corrected chi connectivity index (χ2v) is 5.71. The average molecular weight is 338 g/mol. The van der Waals surface area contributed by atoms with Crippen LogP contribution in [0.5, 0.6) is 11.5 Å². The summed E-state index contributed by atoms with van der Waals surface area (Å²) >= 11 is 0. The smallest absolute Gasteiger partial charge is 0.138 e. The summed E-state index contributed by atoms with van der Waals surface area (Å²) in [7, 11) is 3.34. The van der Waals surface area contributed by atoms with Crippen molar-refractivity contribution in [3.8, 4) is 17.2 Å². The third-order valence-corrected chi connectivity index (χ3v) is 4.16. The lowest BCUT2D eigenvalue weighted by Crippen LogP contribution is -2.18.